The molecule has 0 saturated carbocycles. The molecule has 2 heterocycles. The minimum atomic E-state index is -0.0841. The van der Waals surface area contributed by atoms with Gasteiger partial charge in [-0.25, -0.2) is 9.67 Å². The van der Waals surface area contributed by atoms with Crippen LogP contribution in [0, 0.1) is 0 Å². The summed E-state index contributed by atoms with van der Waals surface area (Å²) in [6, 6.07) is 2.03. The summed E-state index contributed by atoms with van der Waals surface area (Å²) >= 11 is 0. The van der Waals surface area contributed by atoms with Crippen LogP contribution in [0.5, 0.6) is 0 Å². The van der Waals surface area contributed by atoms with Crippen LogP contribution >= 0.6 is 0 Å². The van der Waals surface area contributed by atoms with E-state index in [4.69, 9.17) is 4.98 Å². The second-order valence-electron chi connectivity index (χ2n) is 6.28. The summed E-state index contributed by atoms with van der Waals surface area (Å²) in [6.45, 7) is 11.0. The number of fused-ring (bicyclic) bond motifs is 1. The van der Waals surface area contributed by atoms with E-state index in [1.165, 1.54) is 0 Å². The summed E-state index contributed by atoms with van der Waals surface area (Å²) in [5.74, 6) is 0.133. The molecule has 0 fully saturated rings. The molecule has 6 heteroatoms. The summed E-state index contributed by atoms with van der Waals surface area (Å²) in [5.41, 5.74) is 2.24. The van der Waals surface area contributed by atoms with E-state index in [2.05, 4.69) is 18.9 Å². The van der Waals surface area contributed by atoms with Crippen molar-refractivity contribution in [2.24, 2.45) is 0 Å². The number of aromatic nitrogens is 3. The lowest BCUT2D eigenvalue weighted by Crippen LogP contribution is -2.33. The summed E-state index contributed by atoms with van der Waals surface area (Å²) in [6.07, 6.45) is 1.71. The quantitative estimate of drug-likeness (QED) is 0.888. The highest BCUT2D eigenvalue weighted by Gasteiger charge is 2.21. The number of amides is 1. The van der Waals surface area contributed by atoms with Gasteiger partial charge in [-0.3, -0.25) is 4.79 Å². The molecule has 0 unspecified atom stereocenters. The number of aliphatic hydroxyl groups is 1. The topological polar surface area (TPSA) is 71.2 Å². The second-order valence-corrected chi connectivity index (χ2v) is 6.28. The lowest BCUT2D eigenvalue weighted by Gasteiger charge is -2.21. The fraction of sp³-hybridized carbons (Fsp3) is 0.588. The van der Waals surface area contributed by atoms with Crippen molar-refractivity contribution in [3.63, 3.8) is 0 Å². The Labute approximate surface area is 137 Å². The third kappa shape index (κ3) is 3.37. The number of hydrogen-bond donors (Lipinski definition) is 1. The summed E-state index contributed by atoms with van der Waals surface area (Å²) < 4.78 is 1.85. The van der Waals surface area contributed by atoms with Crippen molar-refractivity contribution >= 4 is 16.9 Å². The molecule has 0 aromatic carbocycles. The summed E-state index contributed by atoms with van der Waals surface area (Å²) in [4.78, 5) is 19.2. The Morgan fingerprint density at radius 2 is 2.04 bits per heavy atom. The first-order valence-corrected chi connectivity index (χ1v) is 8.18. The van der Waals surface area contributed by atoms with Gasteiger partial charge in [-0.2, -0.15) is 5.10 Å². The fourth-order valence-electron chi connectivity index (χ4n) is 2.58. The highest BCUT2D eigenvalue weighted by Crippen LogP contribution is 2.25. The van der Waals surface area contributed by atoms with Crippen molar-refractivity contribution < 1.29 is 9.90 Å². The molecule has 1 N–H and O–H groups in total. The fourth-order valence-corrected chi connectivity index (χ4v) is 2.58. The molecule has 2 aromatic rings. The number of aliphatic hydroxyl groups excluding tert-OH is 1. The Hall–Kier alpha value is -1.95. The largest absolute Gasteiger partial charge is 0.395 e. The normalized spacial score (nSPS) is 11.7. The Morgan fingerprint density at radius 3 is 2.57 bits per heavy atom. The zero-order valence-corrected chi connectivity index (χ0v) is 14.6. The van der Waals surface area contributed by atoms with Crippen LogP contribution in [0.2, 0.25) is 0 Å². The maximum atomic E-state index is 12.9. The molecule has 0 bridgehead atoms. The minimum absolute atomic E-state index is 0.0455. The molecule has 2 aromatic heterocycles. The average Bonchev–Trinajstić information content (AvgIpc) is 2.94. The molecule has 2 rings (SSSR count). The Bertz CT molecular complexity index is 691. The molecular weight excluding hydrogens is 292 g/mol. The molecule has 23 heavy (non-hydrogen) atoms. The van der Waals surface area contributed by atoms with Gasteiger partial charge in [0.15, 0.2) is 5.65 Å². The SMILES string of the molecule is CCN(CCO)C(=O)c1cc(C(C)C)nc2c1cnn2C(C)C. The highest BCUT2D eigenvalue weighted by molar-refractivity contribution is 6.05. The van der Waals surface area contributed by atoms with Crippen molar-refractivity contribution in [2.75, 3.05) is 19.7 Å². The van der Waals surface area contributed by atoms with Crippen molar-refractivity contribution in [3.8, 4) is 0 Å². The van der Waals surface area contributed by atoms with E-state index in [1.54, 1.807) is 11.1 Å². The van der Waals surface area contributed by atoms with E-state index >= 15 is 0 Å². The van der Waals surface area contributed by atoms with Gasteiger partial charge in [0.1, 0.15) is 0 Å². The monoisotopic (exact) mass is 318 g/mol. The molecule has 0 radical (unpaired) electrons. The Kier molecular flexibility index (Phi) is 5.36. The summed E-state index contributed by atoms with van der Waals surface area (Å²) in [7, 11) is 0. The van der Waals surface area contributed by atoms with Gasteiger partial charge in [0.2, 0.25) is 0 Å². The molecule has 1 amide bonds. The molecular formula is C17H26N4O2. The summed E-state index contributed by atoms with van der Waals surface area (Å²) in [5, 5.41) is 14.3. The van der Waals surface area contributed by atoms with E-state index in [9.17, 15) is 9.90 Å². The third-order valence-electron chi connectivity index (χ3n) is 3.94. The number of carbonyl (C=O) groups is 1. The number of nitrogens with zero attached hydrogens (tertiary/aromatic N) is 4. The van der Waals surface area contributed by atoms with Crippen LogP contribution in [0.25, 0.3) is 11.0 Å². The van der Waals surface area contributed by atoms with Gasteiger partial charge in [0.25, 0.3) is 5.91 Å². The molecule has 0 atom stereocenters. The maximum absolute atomic E-state index is 12.9. The van der Waals surface area contributed by atoms with Crippen LogP contribution < -0.4 is 0 Å². The Morgan fingerprint density at radius 1 is 1.35 bits per heavy atom. The van der Waals surface area contributed by atoms with E-state index in [0.29, 0.717) is 18.7 Å². The molecule has 0 aliphatic heterocycles. The molecule has 0 aliphatic carbocycles. The van der Waals surface area contributed by atoms with E-state index in [-0.39, 0.29) is 24.5 Å². The zero-order chi connectivity index (χ0) is 17.1. The van der Waals surface area contributed by atoms with Crippen molar-refractivity contribution in [3.05, 3.63) is 23.5 Å². The first kappa shape index (κ1) is 17.4. The van der Waals surface area contributed by atoms with Gasteiger partial charge in [-0.1, -0.05) is 13.8 Å². The predicted octanol–water partition coefficient (Wildman–Crippen LogP) is 2.59. The van der Waals surface area contributed by atoms with Crippen LogP contribution in [-0.2, 0) is 0 Å². The van der Waals surface area contributed by atoms with Crippen LogP contribution in [0.15, 0.2) is 12.3 Å². The molecule has 126 valence electrons. The van der Waals surface area contributed by atoms with E-state index in [1.807, 2.05) is 31.5 Å². The molecule has 0 saturated heterocycles. The third-order valence-corrected chi connectivity index (χ3v) is 3.94. The van der Waals surface area contributed by atoms with Crippen LogP contribution in [0.3, 0.4) is 0 Å². The van der Waals surface area contributed by atoms with E-state index in [0.717, 1.165) is 16.7 Å². The van der Waals surface area contributed by atoms with Crippen LogP contribution in [-0.4, -0.2) is 50.4 Å². The first-order chi connectivity index (χ1) is 10.9. The first-order valence-electron chi connectivity index (χ1n) is 8.18. The molecule has 0 spiro atoms. The zero-order valence-electron chi connectivity index (χ0n) is 14.6. The number of pyridine rings is 1. The van der Waals surface area contributed by atoms with Crippen molar-refractivity contribution in [2.45, 2.75) is 46.6 Å². The van der Waals surface area contributed by atoms with Gasteiger partial charge in [0.05, 0.1) is 23.8 Å². The van der Waals surface area contributed by atoms with E-state index < -0.39 is 0 Å². The molecule has 0 aliphatic rings. The Balaban J connectivity index is 2.64. The minimum Gasteiger partial charge on any atom is -0.395 e. The lowest BCUT2D eigenvalue weighted by molar-refractivity contribution is 0.0733. The van der Waals surface area contributed by atoms with Gasteiger partial charge in [0, 0.05) is 24.8 Å². The lowest BCUT2D eigenvalue weighted by atomic mass is 10.0. The smallest absolute Gasteiger partial charge is 0.254 e. The van der Waals surface area contributed by atoms with Crippen LogP contribution in [0.1, 0.15) is 62.6 Å². The van der Waals surface area contributed by atoms with Crippen molar-refractivity contribution in [1.29, 1.82) is 0 Å². The van der Waals surface area contributed by atoms with Gasteiger partial charge >= 0.3 is 0 Å². The van der Waals surface area contributed by atoms with Crippen molar-refractivity contribution in [1.82, 2.24) is 19.7 Å². The van der Waals surface area contributed by atoms with Gasteiger partial charge in [-0.15, -0.1) is 0 Å². The number of rotatable bonds is 6. The maximum Gasteiger partial charge on any atom is 0.254 e. The second kappa shape index (κ2) is 7.08. The molecule has 6 nitrogen and oxygen atoms in total. The van der Waals surface area contributed by atoms with Crippen LogP contribution in [0.4, 0.5) is 0 Å². The van der Waals surface area contributed by atoms with Gasteiger partial charge in [-0.05, 0) is 32.8 Å². The number of hydrogen-bond acceptors (Lipinski definition) is 4. The average molecular weight is 318 g/mol. The number of carbonyl (C=O) groups excluding carboxylic acids is 1. The standard InChI is InChI=1S/C17H26N4O2/c1-6-20(7-8-22)17(23)13-9-15(11(2)3)19-16-14(13)10-18-21(16)12(4)5/h9-12,22H,6-8H2,1-5H3. The van der Waals surface area contributed by atoms with Gasteiger partial charge < -0.3 is 10.0 Å². The highest BCUT2D eigenvalue weighted by atomic mass is 16.3. The predicted molar refractivity (Wildman–Crippen MR) is 90.7 cm³/mol. The number of likely N-dealkylation sites (N-methyl/N-ethyl adjacent to an activating group) is 1.